The Morgan fingerprint density at radius 2 is 1.75 bits per heavy atom. The van der Waals surface area contributed by atoms with Crippen molar-refractivity contribution in [2.24, 2.45) is 0 Å². The summed E-state index contributed by atoms with van der Waals surface area (Å²) in [5.41, 5.74) is 1.11. The van der Waals surface area contributed by atoms with Gasteiger partial charge < -0.3 is 14.5 Å². The monoisotopic (exact) mass is 280 g/mol. The maximum atomic E-state index is 13.0. The fourth-order valence-corrected chi connectivity index (χ4v) is 2.26. The van der Waals surface area contributed by atoms with Gasteiger partial charge in [0, 0.05) is 31.7 Å². The Kier molecular flexibility index (Phi) is 4.22. The number of methoxy groups -OCH3 is 1. The SMILES string of the molecule is COC(=O)N1CCN(C(=O)c2ccc(F)cc2C)CC1. The molecule has 1 aliphatic heterocycles. The van der Waals surface area contributed by atoms with Gasteiger partial charge >= 0.3 is 6.09 Å². The minimum Gasteiger partial charge on any atom is -0.453 e. The van der Waals surface area contributed by atoms with Crippen LogP contribution in [0, 0.1) is 12.7 Å². The van der Waals surface area contributed by atoms with Gasteiger partial charge in [-0.3, -0.25) is 4.79 Å². The van der Waals surface area contributed by atoms with Gasteiger partial charge in [0.05, 0.1) is 7.11 Å². The Balaban J connectivity index is 2.03. The summed E-state index contributed by atoms with van der Waals surface area (Å²) >= 11 is 0. The predicted molar refractivity (Wildman–Crippen MR) is 71.0 cm³/mol. The second-order valence-electron chi connectivity index (χ2n) is 4.71. The van der Waals surface area contributed by atoms with E-state index in [2.05, 4.69) is 4.74 Å². The highest BCUT2D eigenvalue weighted by molar-refractivity contribution is 5.95. The molecule has 2 amide bonds. The highest BCUT2D eigenvalue weighted by Crippen LogP contribution is 2.14. The number of ether oxygens (including phenoxy) is 1. The maximum absolute atomic E-state index is 13.0. The molecule has 20 heavy (non-hydrogen) atoms. The number of hydrogen-bond acceptors (Lipinski definition) is 3. The van der Waals surface area contributed by atoms with Gasteiger partial charge in [-0.2, -0.15) is 0 Å². The average molecular weight is 280 g/mol. The minimum absolute atomic E-state index is 0.132. The van der Waals surface area contributed by atoms with E-state index in [0.29, 0.717) is 37.3 Å². The number of carbonyl (C=O) groups excluding carboxylic acids is 2. The van der Waals surface area contributed by atoms with Crippen molar-refractivity contribution in [1.29, 1.82) is 0 Å². The fraction of sp³-hybridized carbons (Fsp3) is 0.429. The fourth-order valence-electron chi connectivity index (χ4n) is 2.26. The molecule has 0 bridgehead atoms. The number of halogens is 1. The van der Waals surface area contributed by atoms with E-state index in [9.17, 15) is 14.0 Å². The molecule has 2 rings (SSSR count). The zero-order chi connectivity index (χ0) is 14.7. The van der Waals surface area contributed by atoms with Crippen LogP contribution in [0.15, 0.2) is 18.2 Å². The summed E-state index contributed by atoms with van der Waals surface area (Å²) in [4.78, 5) is 26.9. The van der Waals surface area contributed by atoms with Crippen LogP contribution < -0.4 is 0 Å². The Bertz CT molecular complexity index is 525. The van der Waals surface area contributed by atoms with E-state index in [1.54, 1.807) is 16.7 Å². The van der Waals surface area contributed by atoms with Crippen molar-refractivity contribution in [3.05, 3.63) is 35.1 Å². The first-order valence-electron chi connectivity index (χ1n) is 6.41. The zero-order valence-electron chi connectivity index (χ0n) is 11.6. The van der Waals surface area contributed by atoms with E-state index >= 15 is 0 Å². The third-order valence-electron chi connectivity index (χ3n) is 3.42. The number of benzene rings is 1. The smallest absolute Gasteiger partial charge is 0.409 e. The largest absolute Gasteiger partial charge is 0.453 e. The highest BCUT2D eigenvalue weighted by atomic mass is 19.1. The number of rotatable bonds is 1. The van der Waals surface area contributed by atoms with Gasteiger partial charge in [0.1, 0.15) is 5.82 Å². The summed E-state index contributed by atoms with van der Waals surface area (Å²) in [5.74, 6) is -0.485. The molecule has 0 spiro atoms. The molecule has 0 aromatic heterocycles. The van der Waals surface area contributed by atoms with Gasteiger partial charge in [-0.05, 0) is 30.7 Å². The Morgan fingerprint density at radius 3 is 2.30 bits per heavy atom. The van der Waals surface area contributed by atoms with E-state index in [4.69, 9.17) is 0 Å². The van der Waals surface area contributed by atoms with E-state index < -0.39 is 0 Å². The van der Waals surface area contributed by atoms with Crippen LogP contribution in [0.1, 0.15) is 15.9 Å². The summed E-state index contributed by atoms with van der Waals surface area (Å²) in [6.07, 6.45) is -0.380. The van der Waals surface area contributed by atoms with Crippen molar-refractivity contribution in [3.63, 3.8) is 0 Å². The lowest BCUT2D eigenvalue weighted by Crippen LogP contribution is -2.50. The molecule has 108 valence electrons. The van der Waals surface area contributed by atoms with Gasteiger partial charge in [-0.25, -0.2) is 9.18 Å². The van der Waals surface area contributed by atoms with Gasteiger partial charge in [0.25, 0.3) is 5.91 Å². The van der Waals surface area contributed by atoms with Crippen molar-refractivity contribution in [1.82, 2.24) is 9.80 Å². The zero-order valence-corrected chi connectivity index (χ0v) is 11.6. The van der Waals surface area contributed by atoms with Crippen molar-refractivity contribution >= 4 is 12.0 Å². The first kappa shape index (κ1) is 14.3. The highest BCUT2D eigenvalue weighted by Gasteiger charge is 2.25. The standard InChI is InChI=1S/C14H17FN2O3/c1-10-9-11(15)3-4-12(10)13(18)16-5-7-17(8-6-16)14(19)20-2/h3-4,9H,5-8H2,1-2H3. The number of hydrogen-bond donors (Lipinski definition) is 0. The average Bonchev–Trinajstić information content (AvgIpc) is 2.46. The summed E-state index contributed by atoms with van der Waals surface area (Å²) in [6, 6.07) is 4.13. The lowest BCUT2D eigenvalue weighted by atomic mass is 10.1. The molecule has 0 N–H and O–H groups in total. The summed E-state index contributed by atoms with van der Waals surface area (Å²) in [6.45, 7) is 3.49. The molecule has 6 heteroatoms. The maximum Gasteiger partial charge on any atom is 0.409 e. The Morgan fingerprint density at radius 1 is 1.15 bits per heavy atom. The molecule has 0 aliphatic carbocycles. The van der Waals surface area contributed by atoms with Crippen molar-refractivity contribution in [3.8, 4) is 0 Å². The third kappa shape index (κ3) is 2.89. The lowest BCUT2D eigenvalue weighted by molar-refractivity contribution is 0.0599. The normalized spacial score (nSPS) is 15.2. The number of carbonyl (C=O) groups is 2. The second kappa shape index (κ2) is 5.90. The Labute approximate surface area is 116 Å². The van der Waals surface area contributed by atoms with Gasteiger partial charge in [0.15, 0.2) is 0 Å². The van der Waals surface area contributed by atoms with Crippen LogP contribution >= 0.6 is 0 Å². The number of nitrogens with zero attached hydrogens (tertiary/aromatic N) is 2. The van der Waals surface area contributed by atoms with Crippen molar-refractivity contribution in [2.45, 2.75) is 6.92 Å². The summed E-state index contributed by atoms with van der Waals surface area (Å²) < 4.78 is 17.7. The molecular weight excluding hydrogens is 263 g/mol. The summed E-state index contributed by atoms with van der Waals surface area (Å²) in [5, 5.41) is 0. The van der Waals surface area contributed by atoms with Crippen LogP contribution in [-0.4, -0.2) is 55.1 Å². The molecule has 1 fully saturated rings. The number of piperazine rings is 1. The topological polar surface area (TPSA) is 49.9 Å². The van der Waals surface area contributed by atoms with Crippen LogP contribution in [0.5, 0.6) is 0 Å². The van der Waals surface area contributed by atoms with Crippen LogP contribution in [0.2, 0.25) is 0 Å². The third-order valence-corrected chi connectivity index (χ3v) is 3.42. The molecule has 1 aliphatic rings. The molecule has 0 radical (unpaired) electrons. The molecule has 1 aromatic rings. The molecule has 0 atom stereocenters. The van der Waals surface area contributed by atoms with Crippen LogP contribution in [0.3, 0.4) is 0 Å². The Hall–Kier alpha value is -2.11. The molecule has 0 unspecified atom stereocenters. The van der Waals surface area contributed by atoms with Gasteiger partial charge in [-0.1, -0.05) is 0 Å². The van der Waals surface area contributed by atoms with E-state index in [1.165, 1.54) is 25.3 Å². The van der Waals surface area contributed by atoms with E-state index in [0.717, 1.165) is 0 Å². The lowest BCUT2D eigenvalue weighted by Gasteiger charge is -2.34. The minimum atomic E-state index is -0.380. The van der Waals surface area contributed by atoms with E-state index in [1.807, 2.05) is 0 Å². The van der Waals surface area contributed by atoms with Crippen LogP contribution in [0.25, 0.3) is 0 Å². The van der Waals surface area contributed by atoms with E-state index in [-0.39, 0.29) is 17.8 Å². The molecular formula is C14H17FN2O3. The first-order valence-corrected chi connectivity index (χ1v) is 6.41. The second-order valence-corrected chi connectivity index (χ2v) is 4.71. The molecule has 0 saturated carbocycles. The number of aryl methyl sites for hydroxylation is 1. The van der Waals surface area contributed by atoms with Crippen LogP contribution in [0.4, 0.5) is 9.18 Å². The van der Waals surface area contributed by atoms with Gasteiger partial charge in [-0.15, -0.1) is 0 Å². The molecule has 5 nitrogen and oxygen atoms in total. The quantitative estimate of drug-likeness (QED) is 0.786. The van der Waals surface area contributed by atoms with Gasteiger partial charge in [0.2, 0.25) is 0 Å². The predicted octanol–water partition coefficient (Wildman–Crippen LogP) is 1.66. The number of amides is 2. The molecule has 1 saturated heterocycles. The molecule has 1 aromatic carbocycles. The summed E-state index contributed by atoms with van der Waals surface area (Å²) in [7, 11) is 1.34. The molecule has 1 heterocycles. The van der Waals surface area contributed by atoms with Crippen molar-refractivity contribution < 1.29 is 18.7 Å². The van der Waals surface area contributed by atoms with Crippen molar-refractivity contribution in [2.75, 3.05) is 33.3 Å². The first-order chi connectivity index (χ1) is 9.52. The van der Waals surface area contributed by atoms with Crippen LogP contribution in [-0.2, 0) is 4.74 Å².